The van der Waals surface area contributed by atoms with E-state index in [1.165, 1.54) is 0 Å². The number of hydrogen-bond acceptors (Lipinski definition) is 2. The van der Waals surface area contributed by atoms with E-state index in [4.69, 9.17) is 10.8 Å². The molecule has 1 unspecified atom stereocenters. The maximum atomic E-state index is 11.6. The predicted octanol–water partition coefficient (Wildman–Crippen LogP) is 2.53. The smallest absolute Gasteiger partial charge is 0.228 e. The van der Waals surface area contributed by atoms with Crippen LogP contribution in [0.5, 0.6) is 0 Å². The third-order valence-corrected chi connectivity index (χ3v) is 8.77. The molecule has 1 amide bonds. The summed E-state index contributed by atoms with van der Waals surface area (Å²) >= 11 is 0. The van der Waals surface area contributed by atoms with Gasteiger partial charge in [-0.05, 0) is 25.1 Å². The minimum atomic E-state index is -1.83. The van der Waals surface area contributed by atoms with Crippen LogP contribution in [0.2, 0.25) is 18.1 Å². The van der Waals surface area contributed by atoms with E-state index in [-0.39, 0.29) is 29.0 Å². The lowest BCUT2D eigenvalue weighted by atomic mass is 9.84. The van der Waals surface area contributed by atoms with Gasteiger partial charge in [0.1, 0.15) is 0 Å². The topological polar surface area (TPSA) is 38.3 Å². The Balaban J connectivity index is 2.68. The summed E-state index contributed by atoms with van der Waals surface area (Å²) in [7, 11) is -1.83. The van der Waals surface area contributed by atoms with Gasteiger partial charge in [0.25, 0.3) is 0 Å². The Morgan fingerprint density at radius 1 is 1.50 bits per heavy atom. The summed E-state index contributed by atoms with van der Waals surface area (Å²) in [5.41, 5.74) is 0. The number of amides is 1. The molecule has 0 aromatic rings. The van der Waals surface area contributed by atoms with Crippen molar-refractivity contribution in [1.29, 1.82) is 0 Å². The fraction of sp³-hybridized carbons (Fsp3) is 0.786. The summed E-state index contributed by atoms with van der Waals surface area (Å²) in [6, 6.07) is 0.0854. The number of carbonyl (C=O) groups excluding carboxylic acids is 1. The van der Waals surface area contributed by atoms with Crippen LogP contribution in [0.25, 0.3) is 0 Å². The summed E-state index contributed by atoms with van der Waals surface area (Å²) in [6.45, 7) is 13.0. The number of β-lactam (4-membered cyclic amide) rings is 1. The highest BCUT2D eigenvalue weighted by Crippen LogP contribution is 2.39. The number of hydrogen-bond donors (Lipinski definition) is 1. The van der Waals surface area contributed by atoms with Crippen molar-refractivity contribution in [2.45, 2.75) is 64.4 Å². The fourth-order valence-corrected chi connectivity index (χ4v) is 3.44. The molecule has 3 nitrogen and oxygen atoms in total. The molecule has 18 heavy (non-hydrogen) atoms. The molecule has 1 fully saturated rings. The predicted molar refractivity (Wildman–Crippen MR) is 76.6 cm³/mol. The van der Waals surface area contributed by atoms with E-state index in [2.05, 4.69) is 45.1 Å². The van der Waals surface area contributed by atoms with Gasteiger partial charge in [0.05, 0.1) is 18.1 Å². The largest absolute Gasteiger partial charge is 0.413 e. The second kappa shape index (κ2) is 5.06. The Morgan fingerprint density at radius 2 is 2.06 bits per heavy atom. The molecular weight excluding hydrogens is 242 g/mol. The first-order chi connectivity index (χ1) is 8.10. The Kier molecular flexibility index (Phi) is 4.29. The Labute approximate surface area is 112 Å². The molecule has 1 heterocycles. The average molecular weight is 267 g/mol. The maximum Gasteiger partial charge on any atom is 0.228 e. The second-order valence-corrected chi connectivity index (χ2v) is 11.4. The van der Waals surface area contributed by atoms with Crippen molar-refractivity contribution in [1.82, 2.24) is 5.32 Å². The highest BCUT2D eigenvalue weighted by atomic mass is 28.4. The van der Waals surface area contributed by atoms with Gasteiger partial charge in [-0.1, -0.05) is 20.8 Å². The van der Waals surface area contributed by atoms with Gasteiger partial charge in [-0.2, -0.15) is 0 Å². The molecule has 0 aliphatic carbocycles. The van der Waals surface area contributed by atoms with Crippen LogP contribution >= 0.6 is 0 Å². The third kappa shape index (κ3) is 2.96. The van der Waals surface area contributed by atoms with E-state index in [1.54, 1.807) is 0 Å². The molecular formula is C14H25NO2Si. The van der Waals surface area contributed by atoms with E-state index in [0.717, 1.165) is 0 Å². The van der Waals surface area contributed by atoms with Gasteiger partial charge < -0.3 is 9.74 Å². The van der Waals surface area contributed by atoms with Crippen LogP contribution in [0.4, 0.5) is 0 Å². The van der Waals surface area contributed by atoms with Crippen molar-refractivity contribution in [3.05, 3.63) is 0 Å². The first-order valence-electron chi connectivity index (χ1n) is 6.52. The standard InChI is InChI=1S/C14H25NO2Si/c1-8-9-11-12(13(16)15-11)10(2)17-18(6,7)14(3,4)5/h1,10-12H,9H2,2-7H3,(H,15,16)/t10-,11?,12-/m1/s1. The van der Waals surface area contributed by atoms with Crippen molar-refractivity contribution >= 4 is 14.2 Å². The zero-order valence-corrected chi connectivity index (χ0v) is 13.3. The molecule has 0 aromatic heterocycles. The van der Waals surface area contributed by atoms with E-state index < -0.39 is 8.32 Å². The number of nitrogens with one attached hydrogen (secondary N) is 1. The zero-order valence-electron chi connectivity index (χ0n) is 12.3. The van der Waals surface area contributed by atoms with E-state index in [9.17, 15) is 4.79 Å². The molecule has 1 aliphatic rings. The average Bonchev–Trinajstić information content (AvgIpc) is 2.13. The molecule has 1 N–H and O–H groups in total. The van der Waals surface area contributed by atoms with Crippen molar-refractivity contribution < 1.29 is 9.22 Å². The molecule has 0 spiro atoms. The summed E-state index contributed by atoms with van der Waals surface area (Å²) in [5, 5.41) is 3.01. The molecule has 102 valence electrons. The van der Waals surface area contributed by atoms with Gasteiger partial charge in [-0.3, -0.25) is 4.79 Å². The minimum absolute atomic E-state index is 0.0574. The summed E-state index contributed by atoms with van der Waals surface area (Å²) in [4.78, 5) is 11.6. The lowest BCUT2D eigenvalue weighted by Gasteiger charge is -2.45. The molecule has 0 saturated carbocycles. The molecule has 3 atom stereocenters. The van der Waals surface area contributed by atoms with Gasteiger partial charge in [-0.15, -0.1) is 12.3 Å². The first-order valence-corrected chi connectivity index (χ1v) is 9.42. The number of terminal acetylenes is 1. The van der Waals surface area contributed by atoms with Gasteiger partial charge >= 0.3 is 0 Å². The third-order valence-electron chi connectivity index (χ3n) is 4.19. The fourth-order valence-electron chi connectivity index (χ4n) is 2.02. The van der Waals surface area contributed by atoms with Crippen LogP contribution in [0.3, 0.4) is 0 Å². The van der Waals surface area contributed by atoms with Gasteiger partial charge in [0.2, 0.25) is 5.91 Å². The lowest BCUT2D eigenvalue weighted by Crippen LogP contribution is -2.63. The summed E-state index contributed by atoms with van der Waals surface area (Å²) in [6.07, 6.45) is 5.84. The quantitative estimate of drug-likeness (QED) is 0.483. The minimum Gasteiger partial charge on any atom is -0.413 e. The molecule has 1 saturated heterocycles. The molecule has 0 radical (unpaired) electrons. The van der Waals surface area contributed by atoms with Crippen LogP contribution in [0.1, 0.15) is 34.1 Å². The Bertz CT molecular complexity index is 365. The first kappa shape index (κ1) is 15.3. The van der Waals surface area contributed by atoms with Crippen LogP contribution in [0, 0.1) is 18.3 Å². The zero-order chi connectivity index (χ0) is 14.1. The molecule has 0 bridgehead atoms. The van der Waals surface area contributed by atoms with Crippen molar-refractivity contribution in [2.75, 3.05) is 0 Å². The molecule has 1 aliphatic heterocycles. The van der Waals surface area contributed by atoms with Crippen LogP contribution in [-0.4, -0.2) is 26.4 Å². The Morgan fingerprint density at radius 3 is 2.44 bits per heavy atom. The van der Waals surface area contributed by atoms with Crippen LogP contribution < -0.4 is 5.32 Å². The van der Waals surface area contributed by atoms with Gasteiger partial charge in [0, 0.05) is 6.42 Å². The van der Waals surface area contributed by atoms with Crippen LogP contribution in [0.15, 0.2) is 0 Å². The molecule has 0 aromatic carbocycles. The second-order valence-electron chi connectivity index (χ2n) is 6.63. The van der Waals surface area contributed by atoms with E-state index in [1.807, 2.05) is 6.92 Å². The lowest BCUT2D eigenvalue weighted by molar-refractivity contribution is -0.139. The highest BCUT2D eigenvalue weighted by Gasteiger charge is 2.46. The maximum absolute atomic E-state index is 11.6. The van der Waals surface area contributed by atoms with Crippen molar-refractivity contribution in [3.8, 4) is 12.3 Å². The number of rotatable bonds is 4. The normalized spacial score (nSPS) is 25.9. The summed E-state index contributed by atoms with van der Waals surface area (Å²) in [5.74, 6) is 2.59. The summed E-state index contributed by atoms with van der Waals surface area (Å²) < 4.78 is 6.26. The highest BCUT2D eigenvalue weighted by molar-refractivity contribution is 6.74. The Hall–Kier alpha value is -0.793. The molecule has 4 heteroatoms. The van der Waals surface area contributed by atoms with Crippen molar-refractivity contribution in [2.24, 2.45) is 5.92 Å². The monoisotopic (exact) mass is 267 g/mol. The van der Waals surface area contributed by atoms with Crippen molar-refractivity contribution in [3.63, 3.8) is 0 Å². The molecule has 1 rings (SSSR count). The van der Waals surface area contributed by atoms with Gasteiger partial charge in [0.15, 0.2) is 8.32 Å². The van der Waals surface area contributed by atoms with Gasteiger partial charge in [-0.25, -0.2) is 0 Å². The van der Waals surface area contributed by atoms with E-state index >= 15 is 0 Å². The SMILES string of the molecule is C#CCC1NC(=O)[C@@H]1[C@@H](C)O[Si](C)(C)C(C)(C)C. The van der Waals surface area contributed by atoms with Crippen LogP contribution in [-0.2, 0) is 9.22 Å². The number of carbonyl (C=O) groups is 1. The van der Waals surface area contributed by atoms with E-state index in [0.29, 0.717) is 6.42 Å².